The molecule has 2 aromatic carbocycles. The van der Waals surface area contributed by atoms with Crippen molar-refractivity contribution < 1.29 is 56.4 Å². The summed E-state index contributed by atoms with van der Waals surface area (Å²) in [6.45, 7) is 6.56. The molecular weight excluding hydrogens is 580 g/mol. The van der Waals surface area contributed by atoms with Gasteiger partial charge in [0.25, 0.3) is 0 Å². The second-order valence-electron chi connectivity index (χ2n) is 10.6. The Bertz CT molecular complexity index is 1370. The monoisotopic (exact) mass is 614 g/mol. The van der Waals surface area contributed by atoms with Crippen molar-refractivity contribution >= 4 is 23.6 Å². The molecule has 1 aliphatic heterocycles. The van der Waals surface area contributed by atoms with Crippen LogP contribution in [0.15, 0.2) is 24.3 Å². The molecular formula is C29H34F4N2O8. The third-order valence-electron chi connectivity index (χ3n) is 6.34. The van der Waals surface area contributed by atoms with Crippen molar-refractivity contribution in [3.8, 4) is 17.2 Å². The fourth-order valence-electron chi connectivity index (χ4n) is 4.20. The standard InChI is InChI=1S/C27H33FN2O6.C2HF3O2/c1-27(2,3)18-12-16(9-10-20(18)36-11-7-6-8-22(32)33)19(31)15-30-14-17-13-21(34-4)25(35-5)24(28)23(17)26(30)29;3-2(4,5)1(6)7/h9-10,12-13,29H,6-8,11,14-15H2,1-5H3,(H,32,33);(H,6,7). The lowest BCUT2D eigenvalue weighted by atomic mass is 9.85. The second kappa shape index (κ2) is 14.2. The van der Waals surface area contributed by atoms with Crippen molar-refractivity contribution in [2.45, 2.75) is 58.2 Å². The quantitative estimate of drug-likeness (QED) is 0.171. The Morgan fingerprint density at radius 2 is 1.63 bits per heavy atom. The van der Waals surface area contributed by atoms with Gasteiger partial charge in [-0.25, -0.2) is 9.18 Å². The summed E-state index contributed by atoms with van der Waals surface area (Å²) < 4.78 is 63.0. The molecule has 0 spiro atoms. The van der Waals surface area contributed by atoms with E-state index >= 15 is 4.39 Å². The molecule has 0 bridgehead atoms. The number of hydrogen-bond acceptors (Lipinski definition) is 7. The Morgan fingerprint density at radius 3 is 2.14 bits per heavy atom. The average molecular weight is 615 g/mol. The van der Waals surface area contributed by atoms with Crippen molar-refractivity contribution in [1.82, 2.24) is 4.90 Å². The van der Waals surface area contributed by atoms with Crippen LogP contribution in [-0.2, 0) is 21.5 Å². The topological polar surface area (TPSA) is 146 Å². The highest BCUT2D eigenvalue weighted by atomic mass is 19.4. The molecule has 43 heavy (non-hydrogen) atoms. The van der Waals surface area contributed by atoms with E-state index < -0.39 is 23.9 Å². The van der Waals surface area contributed by atoms with Gasteiger partial charge in [0.15, 0.2) is 23.1 Å². The zero-order chi connectivity index (χ0) is 32.7. The molecule has 10 nitrogen and oxygen atoms in total. The number of ketones is 1. The molecule has 0 aromatic heterocycles. The van der Waals surface area contributed by atoms with Crippen LogP contribution in [0.2, 0.25) is 0 Å². The highest BCUT2D eigenvalue weighted by Gasteiger charge is 2.38. The zero-order valence-corrected chi connectivity index (χ0v) is 24.4. The van der Waals surface area contributed by atoms with Crippen LogP contribution in [0, 0.1) is 11.2 Å². The first-order valence-electron chi connectivity index (χ1n) is 13.0. The number of nitrogens with zero attached hydrogens (tertiary/aromatic N) is 1. The fraction of sp³-hybridized carbons (Fsp3) is 0.448. The Hall–Kier alpha value is -4.36. The van der Waals surface area contributed by atoms with Crippen molar-refractivity contribution in [3.63, 3.8) is 0 Å². The highest BCUT2D eigenvalue weighted by Crippen LogP contribution is 2.39. The van der Waals surface area contributed by atoms with Crippen molar-refractivity contribution in [2.24, 2.45) is 0 Å². The summed E-state index contributed by atoms with van der Waals surface area (Å²) in [6.07, 6.45) is -3.85. The normalized spacial score (nSPS) is 12.7. The summed E-state index contributed by atoms with van der Waals surface area (Å²) in [6, 6.07) is 6.87. The smallest absolute Gasteiger partial charge is 0.490 e. The van der Waals surface area contributed by atoms with E-state index in [4.69, 9.17) is 34.6 Å². The number of carbonyl (C=O) groups is 3. The molecule has 0 radical (unpaired) electrons. The van der Waals surface area contributed by atoms with E-state index in [0.717, 1.165) is 5.56 Å². The predicted molar refractivity (Wildman–Crippen MR) is 147 cm³/mol. The first-order valence-corrected chi connectivity index (χ1v) is 13.0. The largest absolute Gasteiger partial charge is 0.493 e. The van der Waals surface area contributed by atoms with Crippen molar-refractivity contribution in [3.05, 3.63) is 52.3 Å². The number of aliphatic carboxylic acids is 2. The molecule has 3 N–H and O–H groups in total. The summed E-state index contributed by atoms with van der Waals surface area (Å²) in [5, 5.41) is 24.4. The molecule has 0 saturated carbocycles. The van der Waals surface area contributed by atoms with Gasteiger partial charge in [-0.15, -0.1) is 0 Å². The van der Waals surface area contributed by atoms with E-state index in [-0.39, 0.29) is 53.6 Å². The minimum atomic E-state index is -5.08. The molecule has 3 rings (SSSR count). The molecule has 0 fully saturated rings. The number of benzene rings is 2. The number of nitrogens with one attached hydrogen (secondary N) is 1. The van der Waals surface area contributed by atoms with Gasteiger partial charge in [-0.2, -0.15) is 13.2 Å². The molecule has 1 heterocycles. The maximum Gasteiger partial charge on any atom is 0.490 e. The number of carboxylic acid groups (broad SMARTS) is 2. The van der Waals surface area contributed by atoms with E-state index in [1.807, 2.05) is 20.8 Å². The van der Waals surface area contributed by atoms with Crippen molar-refractivity contribution in [2.75, 3.05) is 27.4 Å². The minimum Gasteiger partial charge on any atom is -0.493 e. The van der Waals surface area contributed by atoms with Gasteiger partial charge in [0, 0.05) is 24.1 Å². The van der Waals surface area contributed by atoms with Gasteiger partial charge in [0.1, 0.15) is 11.6 Å². The SMILES string of the molecule is COc1cc2c(c(F)c1OC)C(=N)N(CC(=O)c1ccc(OCCCCC(=O)O)c(C(C)(C)C)c1)C2.O=C(O)C(F)(F)F. The highest BCUT2D eigenvalue weighted by molar-refractivity contribution is 6.06. The molecule has 0 unspecified atom stereocenters. The minimum absolute atomic E-state index is 0.0671. The lowest BCUT2D eigenvalue weighted by Crippen LogP contribution is -2.30. The number of amidine groups is 1. The van der Waals surface area contributed by atoms with Crippen LogP contribution in [0.1, 0.15) is 67.1 Å². The van der Waals surface area contributed by atoms with E-state index in [2.05, 4.69) is 0 Å². The maximum absolute atomic E-state index is 15.0. The van der Waals surface area contributed by atoms with Crippen LogP contribution in [0.5, 0.6) is 17.2 Å². The van der Waals surface area contributed by atoms with Gasteiger partial charge in [-0.1, -0.05) is 20.8 Å². The fourth-order valence-corrected chi connectivity index (χ4v) is 4.20. The van der Waals surface area contributed by atoms with Crippen LogP contribution >= 0.6 is 0 Å². The first kappa shape index (κ1) is 34.8. The van der Waals surface area contributed by atoms with Gasteiger partial charge in [-0.05, 0) is 48.1 Å². The van der Waals surface area contributed by atoms with Gasteiger partial charge in [0.2, 0.25) is 0 Å². The van der Waals surface area contributed by atoms with Crippen LogP contribution in [0.4, 0.5) is 17.6 Å². The summed E-state index contributed by atoms with van der Waals surface area (Å²) in [5.41, 5.74) is 1.69. The molecule has 1 aliphatic rings. The number of carbonyl (C=O) groups excluding carboxylic acids is 1. The Balaban J connectivity index is 0.000000821. The zero-order valence-electron chi connectivity index (χ0n) is 24.4. The number of halogens is 4. The van der Waals surface area contributed by atoms with Gasteiger partial charge in [-0.3, -0.25) is 15.0 Å². The predicted octanol–water partition coefficient (Wildman–Crippen LogP) is 5.43. The van der Waals surface area contributed by atoms with Crippen LogP contribution < -0.4 is 14.2 Å². The number of fused-ring (bicyclic) bond motifs is 1. The molecule has 0 amide bonds. The maximum atomic E-state index is 15.0. The summed E-state index contributed by atoms with van der Waals surface area (Å²) >= 11 is 0. The number of unbranched alkanes of at least 4 members (excludes halogenated alkanes) is 1. The van der Waals surface area contributed by atoms with Gasteiger partial charge < -0.3 is 29.3 Å². The number of hydrogen-bond donors (Lipinski definition) is 3. The van der Waals surface area contributed by atoms with E-state index in [9.17, 15) is 22.8 Å². The molecule has 0 aliphatic carbocycles. The molecule has 236 valence electrons. The van der Waals surface area contributed by atoms with E-state index in [1.54, 1.807) is 24.3 Å². The molecule has 0 atom stereocenters. The number of rotatable bonds is 11. The van der Waals surface area contributed by atoms with Crippen LogP contribution in [-0.4, -0.2) is 72.2 Å². The first-order chi connectivity index (χ1) is 19.9. The summed E-state index contributed by atoms with van der Waals surface area (Å²) in [7, 11) is 2.75. The van der Waals surface area contributed by atoms with Gasteiger partial charge >= 0.3 is 18.1 Å². The Kier molecular flexibility index (Phi) is 11.5. The molecule has 14 heteroatoms. The molecule has 2 aromatic rings. The van der Waals surface area contributed by atoms with Crippen LogP contribution in [0.3, 0.4) is 0 Å². The molecule has 0 saturated heterocycles. The second-order valence-corrected chi connectivity index (χ2v) is 10.6. The lowest BCUT2D eigenvalue weighted by molar-refractivity contribution is -0.192. The van der Waals surface area contributed by atoms with Crippen LogP contribution in [0.25, 0.3) is 0 Å². The Morgan fingerprint density at radius 1 is 1.00 bits per heavy atom. The Labute approximate surface area is 245 Å². The number of alkyl halides is 3. The third kappa shape index (κ3) is 9.06. The lowest BCUT2D eigenvalue weighted by Gasteiger charge is -2.24. The number of carboxylic acids is 2. The summed E-state index contributed by atoms with van der Waals surface area (Å²) in [4.78, 5) is 34.3. The van der Waals surface area contributed by atoms with E-state index in [0.29, 0.717) is 36.3 Å². The average Bonchev–Trinajstić information content (AvgIpc) is 3.22. The van der Waals surface area contributed by atoms with Gasteiger partial charge in [0.05, 0.1) is 32.9 Å². The number of ether oxygens (including phenoxy) is 3. The van der Waals surface area contributed by atoms with Crippen molar-refractivity contribution in [1.29, 1.82) is 5.41 Å². The van der Waals surface area contributed by atoms with E-state index in [1.165, 1.54) is 19.1 Å². The number of Topliss-reactive ketones (excluding diaryl/α,β-unsaturated/α-hetero) is 1. The number of methoxy groups -OCH3 is 2. The summed E-state index contributed by atoms with van der Waals surface area (Å²) in [5.74, 6) is -3.72. The third-order valence-corrected chi connectivity index (χ3v) is 6.34.